The topological polar surface area (TPSA) is 37.4 Å². The Morgan fingerprint density at radius 3 is 2.74 bits per heavy atom. The Balaban J connectivity index is 1.20. The molecule has 4 heteroatoms. The fraction of sp³-hybridized carbons (Fsp3) is 0.737. The van der Waals surface area contributed by atoms with E-state index < -0.39 is 0 Å². The van der Waals surface area contributed by atoms with Crippen molar-refractivity contribution in [1.29, 1.82) is 0 Å². The Kier molecular flexibility index (Phi) is 3.37. The Morgan fingerprint density at radius 1 is 1.17 bits per heavy atom. The Morgan fingerprint density at radius 2 is 2.04 bits per heavy atom. The Hall–Kier alpha value is -1.13. The molecule has 0 aromatic carbocycles. The van der Waals surface area contributed by atoms with E-state index in [4.69, 9.17) is 4.74 Å². The average molecular weight is 313 g/mol. The van der Waals surface area contributed by atoms with E-state index in [9.17, 15) is 0 Å². The van der Waals surface area contributed by atoms with Crippen LogP contribution in [0.15, 0.2) is 24.4 Å². The molecule has 2 aliphatic heterocycles. The number of fused-ring (bicyclic) bond motifs is 2. The summed E-state index contributed by atoms with van der Waals surface area (Å²) in [5.74, 6) is 1.93. The molecule has 124 valence electrons. The number of anilines is 1. The lowest BCUT2D eigenvalue weighted by Gasteiger charge is -2.64. The van der Waals surface area contributed by atoms with E-state index in [1.54, 1.807) is 0 Å². The maximum atomic E-state index is 6.05. The van der Waals surface area contributed by atoms with Crippen LogP contribution in [0.2, 0.25) is 0 Å². The SMILES string of the molecule is c1ccc(N2CCC(N[C@@H]3[C@H]4CCO[C@@H]4C34CCC4)CC2)nc1. The summed E-state index contributed by atoms with van der Waals surface area (Å²) in [6.45, 7) is 3.24. The van der Waals surface area contributed by atoms with Crippen molar-refractivity contribution in [2.45, 2.75) is 56.7 Å². The highest BCUT2D eigenvalue weighted by Crippen LogP contribution is 2.62. The number of aromatic nitrogens is 1. The van der Waals surface area contributed by atoms with Gasteiger partial charge >= 0.3 is 0 Å². The van der Waals surface area contributed by atoms with Crippen molar-refractivity contribution < 1.29 is 4.74 Å². The summed E-state index contributed by atoms with van der Waals surface area (Å²) in [6.07, 6.45) is 10.4. The Bertz CT molecular complexity index is 551. The number of hydrogen-bond donors (Lipinski definition) is 1. The molecule has 4 aliphatic rings. The smallest absolute Gasteiger partial charge is 0.128 e. The first kappa shape index (κ1) is 14.2. The third-order valence-corrected chi connectivity index (χ3v) is 6.92. The number of nitrogens with zero attached hydrogens (tertiary/aromatic N) is 2. The molecular weight excluding hydrogens is 286 g/mol. The molecule has 3 heterocycles. The standard InChI is InChI=1S/C19H27N3O/c1-2-10-20-16(4-1)22-11-5-14(6-12-22)21-17-15-7-13-23-18(15)19(17)8-3-9-19/h1-2,4,10,14-15,17-18,21H,3,5-9,11-13H2/t15-,17-,18+/m1/s1. The van der Waals surface area contributed by atoms with E-state index >= 15 is 0 Å². The monoisotopic (exact) mass is 313 g/mol. The van der Waals surface area contributed by atoms with Gasteiger partial charge in [-0.05, 0) is 44.2 Å². The van der Waals surface area contributed by atoms with Crippen LogP contribution in [0.1, 0.15) is 38.5 Å². The lowest BCUT2D eigenvalue weighted by atomic mass is 9.46. The highest BCUT2D eigenvalue weighted by molar-refractivity contribution is 5.38. The third-order valence-electron chi connectivity index (χ3n) is 6.92. The van der Waals surface area contributed by atoms with Crippen molar-refractivity contribution in [3.05, 3.63) is 24.4 Å². The second-order valence-corrected chi connectivity index (χ2v) is 7.92. The zero-order valence-electron chi connectivity index (χ0n) is 13.8. The maximum Gasteiger partial charge on any atom is 0.128 e. The van der Waals surface area contributed by atoms with Crippen molar-refractivity contribution in [1.82, 2.24) is 10.3 Å². The highest BCUT2D eigenvalue weighted by Gasteiger charge is 2.66. The molecule has 2 saturated heterocycles. The molecule has 4 nitrogen and oxygen atoms in total. The van der Waals surface area contributed by atoms with Crippen molar-refractivity contribution in [3.8, 4) is 0 Å². The predicted molar refractivity (Wildman–Crippen MR) is 90.5 cm³/mol. The van der Waals surface area contributed by atoms with Crippen LogP contribution in [0.5, 0.6) is 0 Å². The van der Waals surface area contributed by atoms with E-state index in [1.807, 2.05) is 12.3 Å². The van der Waals surface area contributed by atoms with Crippen LogP contribution in [0.3, 0.4) is 0 Å². The molecular formula is C19H27N3O. The van der Waals surface area contributed by atoms with Crippen LogP contribution in [0, 0.1) is 11.3 Å². The summed E-state index contributed by atoms with van der Waals surface area (Å²) in [4.78, 5) is 6.92. The molecule has 2 aliphatic carbocycles. The molecule has 0 bridgehead atoms. The molecule has 5 rings (SSSR count). The minimum atomic E-state index is 0.513. The lowest BCUT2D eigenvalue weighted by Crippen LogP contribution is -2.72. The Labute approximate surface area is 138 Å². The van der Waals surface area contributed by atoms with E-state index in [0.717, 1.165) is 37.5 Å². The van der Waals surface area contributed by atoms with Gasteiger partial charge < -0.3 is 15.0 Å². The van der Waals surface area contributed by atoms with E-state index in [-0.39, 0.29) is 0 Å². The fourth-order valence-corrected chi connectivity index (χ4v) is 5.56. The van der Waals surface area contributed by atoms with Gasteiger partial charge in [-0.25, -0.2) is 4.98 Å². The number of piperidine rings is 1. The van der Waals surface area contributed by atoms with Crippen LogP contribution in [-0.4, -0.2) is 42.9 Å². The second-order valence-electron chi connectivity index (χ2n) is 7.92. The molecule has 1 N–H and O–H groups in total. The molecule has 1 aromatic rings. The molecule has 0 amide bonds. The van der Waals surface area contributed by atoms with Crippen molar-refractivity contribution in [3.63, 3.8) is 0 Å². The lowest BCUT2D eigenvalue weighted by molar-refractivity contribution is -0.178. The summed E-state index contributed by atoms with van der Waals surface area (Å²) in [5.41, 5.74) is 0.513. The van der Waals surface area contributed by atoms with Gasteiger partial charge in [0.15, 0.2) is 0 Å². The molecule has 4 fully saturated rings. The largest absolute Gasteiger partial charge is 0.377 e. The minimum Gasteiger partial charge on any atom is -0.377 e. The number of rotatable bonds is 3. The quantitative estimate of drug-likeness (QED) is 0.931. The van der Waals surface area contributed by atoms with Gasteiger partial charge in [0.2, 0.25) is 0 Å². The van der Waals surface area contributed by atoms with E-state index in [0.29, 0.717) is 17.6 Å². The zero-order valence-corrected chi connectivity index (χ0v) is 13.8. The first-order chi connectivity index (χ1) is 11.4. The van der Waals surface area contributed by atoms with Crippen LogP contribution in [0.4, 0.5) is 5.82 Å². The van der Waals surface area contributed by atoms with Gasteiger partial charge in [0.25, 0.3) is 0 Å². The first-order valence-corrected chi connectivity index (χ1v) is 9.40. The first-order valence-electron chi connectivity index (χ1n) is 9.40. The summed E-state index contributed by atoms with van der Waals surface area (Å²) in [7, 11) is 0. The number of ether oxygens (including phenoxy) is 1. The van der Waals surface area contributed by atoms with Gasteiger partial charge in [-0.2, -0.15) is 0 Å². The summed E-state index contributed by atoms with van der Waals surface area (Å²) < 4.78 is 6.05. The summed E-state index contributed by atoms with van der Waals surface area (Å²) >= 11 is 0. The molecule has 3 atom stereocenters. The fourth-order valence-electron chi connectivity index (χ4n) is 5.56. The van der Waals surface area contributed by atoms with Crippen molar-refractivity contribution in [2.24, 2.45) is 11.3 Å². The molecule has 1 aromatic heterocycles. The molecule has 0 radical (unpaired) electrons. The summed E-state index contributed by atoms with van der Waals surface area (Å²) in [5, 5.41) is 4.06. The van der Waals surface area contributed by atoms with Gasteiger partial charge in [-0.1, -0.05) is 12.5 Å². The molecule has 23 heavy (non-hydrogen) atoms. The molecule has 2 saturated carbocycles. The maximum absolute atomic E-state index is 6.05. The van der Waals surface area contributed by atoms with Crippen LogP contribution >= 0.6 is 0 Å². The third kappa shape index (κ3) is 2.14. The van der Waals surface area contributed by atoms with Crippen LogP contribution in [-0.2, 0) is 4.74 Å². The van der Waals surface area contributed by atoms with E-state index in [2.05, 4.69) is 27.3 Å². The normalized spacial score (nSPS) is 35.7. The van der Waals surface area contributed by atoms with Gasteiger partial charge in [0.1, 0.15) is 5.82 Å². The highest BCUT2D eigenvalue weighted by atomic mass is 16.5. The van der Waals surface area contributed by atoms with E-state index in [1.165, 1.54) is 38.5 Å². The van der Waals surface area contributed by atoms with Gasteiger partial charge in [0, 0.05) is 49.3 Å². The van der Waals surface area contributed by atoms with Gasteiger partial charge in [0.05, 0.1) is 6.10 Å². The van der Waals surface area contributed by atoms with Crippen molar-refractivity contribution >= 4 is 5.82 Å². The predicted octanol–water partition coefficient (Wildman–Crippen LogP) is 2.60. The van der Waals surface area contributed by atoms with Gasteiger partial charge in [-0.3, -0.25) is 0 Å². The summed E-state index contributed by atoms with van der Waals surface area (Å²) in [6, 6.07) is 7.62. The minimum absolute atomic E-state index is 0.513. The number of nitrogens with one attached hydrogen (secondary N) is 1. The number of hydrogen-bond acceptors (Lipinski definition) is 4. The van der Waals surface area contributed by atoms with Gasteiger partial charge in [-0.15, -0.1) is 0 Å². The molecule has 0 unspecified atom stereocenters. The average Bonchev–Trinajstić information content (AvgIpc) is 2.98. The van der Waals surface area contributed by atoms with Crippen LogP contribution in [0.25, 0.3) is 0 Å². The zero-order chi connectivity index (χ0) is 15.3. The number of pyridine rings is 1. The second kappa shape index (κ2) is 5.45. The van der Waals surface area contributed by atoms with Crippen molar-refractivity contribution in [2.75, 3.05) is 24.6 Å². The molecule has 1 spiro atoms. The van der Waals surface area contributed by atoms with Crippen LogP contribution < -0.4 is 10.2 Å².